The van der Waals surface area contributed by atoms with Crippen molar-refractivity contribution in [1.82, 2.24) is 5.32 Å². The predicted octanol–water partition coefficient (Wildman–Crippen LogP) is 3.85. The van der Waals surface area contributed by atoms with E-state index in [4.69, 9.17) is 14.7 Å². The molecular formula is C20H24N2O2. The third kappa shape index (κ3) is 6.04. The van der Waals surface area contributed by atoms with E-state index in [2.05, 4.69) is 29.6 Å². The molecule has 4 heteroatoms. The summed E-state index contributed by atoms with van der Waals surface area (Å²) in [6.45, 7) is 2.07. The van der Waals surface area contributed by atoms with Crippen LogP contribution in [-0.2, 0) is 11.3 Å². The standard InChI is InChI=1S/C20H24N2O2/c1-23-20(18-9-3-2-4-10-18)16-22-15-17-8-7-11-19(14-17)24-13-6-5-12-21/h2-4,7-11,14,20,22H,5-6,13,15-16H2,1H3. The molecule has 0 bridgehead atoms. The van der Waals surface area contributed by atoms with E-state index in [1.807, 2.05) is 36.4 Å². The van der Waals surface area contributed by atoms with Crippen molar-refractivity contribution in [3.05, 3.63) is 65.7 Å². The molecule has 0 amide bonds. The molecule has 0 saturated heterocycles. The van der Waals surface area contributed by atoms with Gasteiger partial charge in [0.1, 0.15) is 5.75 Å². The number of methoxy groups -OCH3 is 1. The van der Waals surface area contributed by atoms with Gasteiger partial charge in [-0.25, -0.2) is 0 Å². The van der Waals surface area contributed by atoms with E-state index in [9.17, 15) is 0 Å². The van der Waals surface area contributed by atoms with Gasteiger partial charge in [-0.1, -0.05) is 42.5 Å². The van der Waals surface area contributed by atoms with Gasteiger partial charge in [0.15, 0.2) is 0 Å². The quantitative estimate of drug-likeness (QED) is 0.675. The first-order chi connectivity index (χ1) is 11.8. The lowest BCUT2D eigenvalue weighted by molar-refractivity contribution is 0.102. The van der Waals surface area contributed by atoms with Crippen LogP contribution >= 0.6 is 0 Å². The molecular weight excluding hydrogens is 300 g/mol. The molecule has 0 radical (unpaired) electrons. The van der Waals surface area contributed by atoms with Crippen LogP contribution in [0.4, 0.5) is 0 Å². The molecule has 0 aliphatic rings. The summed E-state index contributed by atoms with van der Waals surface area (Å²) in [6, 6.07) is 20.4. The van der Waals surface area contributed by atoms with Crippen molar-refractivity contribution < 1.29 is 9.47 Å². The van der Waals surface area contributed by atoms with Crippen LogP contribution in [0.5, 0.6) is 5.75 Å². The van der Waals surface area contributed by atoms with E-state index in [1.165, 1.54) is 5.56 Å². The van der Waals surface area contributed by atoms with Gasteiger partial charge in [0.2, 0.25) is 0 Å². The second-order valence-corrected chi connectivity index (χ2v) is 5.52. The van der Waals surface area contributed by atoms with E-state index in [0.29, 0.717) is 13.0 Å². The SMILES string of the molecule is COC(CNCc1cccc(OCCCC#N)c1)c1ccccc1. The Morgan fingerprint density at radius 1 is 1.12 bits per heavy atom. The highest BCUT2D eigenvalue weighted by Gasteiger charge is 2.09. The Bertz CT molecular complexity index is 638. The number of unbranched alkanes of at least 4 members (excludes halogenated alkanes) is 1. The Hall–Kier alpha value is -2.35. The van der Waals surface area contributed by atoms with Crippen LogP contribution in [0.3, 0.4) is 0 Å². The number of hydrogen-bond acceptors (Lipinski definition) is 4. The average Bonchev–Trinajstić information content (AvgIpc) is 2.63. The average molecular weight is 324 g/mol. The zero-order valence-electron chi connectivity index (χ0n) is 14.1. The van der Waals surface area contributed by atoms with Crippen molar-refractivity contribution in [1.29, 1.82) is 5.26 Å². The monoisotopic (exact) mass is 324 g/mol. The highest BCUT2D eigenvalue weighted by Crippen LogP contribution is 2.16. The van der Waals surface area contributed by atoms with Crippen LogP contribution in [0, 0.1) is 11.3 Å². The first kappa shape index (κ1) is 18.0. The van der Waals surface area contributed by atoms with Gasteiger partial charge in [0, 0.05) is 26.6 Å². The van der Waals surface area contributed by atoms with E-state index in [0.717, 1.165) is 30.8 Å². The van der Waals surface area contributed by atoms with Crippen molar-refractivity contribution in [2.75, 3.05) is 20.3 Å². The Morgan fingerprint density at radius 3 is 2.71 bits per heavy atom. The van der Waals surface area contributed by atoms with Crippen molar-refractivity contribution in [3.8, 4) is 11.8 Å². The third-order valence-corrected chi connectivity index (χ3v) is 3.71. The van der Waals surface area contributed by atoms with Crippen LogP contribution in [0.1, 0.15) is 30.1 Å². The normalized spacial score (nSPS) is 11.7. The fraction of sp³-hybridized carbons (Fsp3) is 0.350. The molecule has 1 atom stereocenters. The maximum absolute atomic E-state index is 8.53. The highest BCUT2D eigenvalue weighted by atomic mass is 16.5. The molecule has 2 rings (SSSR count). The maximum Gasteiger partial charge on any atom is 0.119 e. The van der Waals surface area contributed by atoms with Crippen molar-refractivity contribution >= 4 is 0 Å². The summed E-state index contributed by atoms with van der Waals surface area (Å²) in [6.07, 6.45) is 1.32. The first-order valence-corrected chi connectivity index (χ1v) is 8.20. The van der Waals surface area contributed by atoms with E-state index in [-0.39, 0.29) is 6.10 Å². The summed E-state index contributed by atoms with van der Waals surface area (Å²) < 4.78 is 11.2. The van der Waals surface area contributed by atoms with Gasteiger partial charge >= 0.3 is 0 Å². The van der Waals surface area contributed by atoms with Crippen molar-refractivity contribution in [2.45, 2.75) is 25.5 Å². The molecule has 0 aliphatic heterocycles. The largest absolute Gasteiger partial charge is 0.494 e. The number of rotatable bonds is 10. The summed E-state index contributed by atoms with van der Waals surface area (Å²) in [7, 11) is 1.73. The van der Waals surface area contributed by atoms with Gasteiger partial charge in [-0.2, -0.15) is 5.26 Å². The zero-order chi connectivity index (χ0) is 17.0. The number of nitriles is 1. The number of benzene rings is 2. The van der Waals surface area contributed by atoms with Gasteiger partial charge in [-0.05, 0) is 29.7 Å². The van der Waals surface area contributed by atoms with Crippen LogP contribution in [-0.4, -0.2) is 20.3 Å². The lowest BCUT2D eigenvalue weighted by atomic mass is 10.1. The number of nitrogens with one attached hydrogen (secondary N) is 1. The second-order valence-electron chi connectivity index (χ2n) is 5.52. The minimum atomic E-state index is 0.0385. The zero-order valence-corrected chi connectivity index (χ0v) is 14.1. The molecule has 2 aromatic carbocycles. The topological polar surface area (TPSA) is 54.3 Å². The molecule has 0 spiro atoms. The molecule has 0 fully saturated rings. The molecule has 0 aromatic heterocycles. The van der Waals surface area contributed by atoms with Crippen LogP contribution < -0.4 is 10.1 Å². The number of nitrogens with zero attached hydrogens (tertiary/aromatic N) is 1. The van der Waals surface area contributed by atoms with Gasteiger partial charge in [-0.3, -0.25) is 0 Å². The summed E-state index contributed by atoms with van der Waals surface area (Å²) in [5.74, 6) is 0.846. The van der Waals surface area contributed by atoms with Crippen LogP contribution in [0.2, 0.25) is 0 Å². The Labute approximate surface area is 144 Å². The van der Waals surface area contributed by atoms with Crippen molar-refractivity contribution in [2.24, 2.45) is 0 Å². The molecule has 2 aromatic rings. The first-order valence-electron chi connectivity index (χ1n) is 8.20. The summed E-state index contributed by atoms with van der Waals surface area (Å²) >= 11 is 0. The molecule has 0 aliphatic carbocycles. The molecule has 0 heterocycles. The molecule has 24 heavy (non-hydrogen) atoms. The molecule has 4 nitrogen and oxygen atoms in total. The minimum Gasteiger partial charge on any atom is -0.494 e. The third-order valence-electron chi connectivity index (χ3n) is 3.71. The molecule has 0 saturated carbocycles. The number of ether oxygens (including phenoxy) is 2. The highest BCUT2D eigenvalue weighted by molar-refractivity contribution is 5.28. The number of hydrogen-bond donors (Lipinski definition) is 1. The van der Waals surface area contributed by atoms with Crippen LogP contribution in [0.15, 0.2) is 54.6 Å². The summed E-state index contributed by atoms with van der Waals surface area (Å²) in [5, 5.41) is 12.0. The van der Waals surface area contributed by atoms with Crippen molar-refractivity contribution in [3.63, 3.8) is 0 Å². The predicted molar refractivity (Wildman–Crippen MR) is 94.7 cm³/mol. The fourth-order valence-electron chi connectivity index (χ4n) is 2.44. The molecule has 1 N–H and O–H groups in total. The van der Waals surface area contributed by atoms with Gasteiger partial charge in [0.25, 0.3) is 0 Å². The van der Waals surface area contributed by atoms with Gasteiger partial charge < -0.3 is 14.8 Å². The van der Waals surface area contributed by atoms with E-state index < -0.39 is 0 Å². The summed E-state index contributed by atoms with van der Waals surface area (Å²) in [4.78, 5) is 0. The maximum atomic E-state index is 8.53. The second kappa shape index (κ2) is 10.4. The Kier molecular flexibility index (Phi) is 7.82. The summed E-state index contributed by atoms with van der Waals surface area (Å²) in [5.41, 5.74) is 2.33. The van der Waals surface area contributed by atoms with Gasteiger partial charge in [0.05, 0.1) is 18.8 Å². The lowest BCUT2D eigenvalue weighted by Crippen LogP contribution is -2.22. The van der Waals surface area contributed by atoms with E-state index >= 15 is 0 Å². The Morgan fingerprint density at radius 2 is 1.96 bits per heavy atom. The molecule has 1 unspecified atom stereocenters. The molecule has 126 valence electrons. The fourth-order valence-corrected chi connectivity index (χ4v) is 2.44. The Balaban J connectivity index is 1.80. The van der Waals surface area contributed by atoms with Crippen LogP contribution in [0.25, 0.3) is 0 Å². The smallest absolute Gasteiger partial charge is 0.119 e. The van der Waals surface area contributed by atoms with Gasteiger partial charge in [-0.15, -0.1) is 0 Å². The lowest BCUT2D eigenvalue weighted by Gasteiger charge is -2.16. The minimum absolute atomic E-state index is 0.0385. The van der Waals surface area contributed by atoms with E-state index in [1.54, 1.807) is 7.11 Å².